The highest BCUT2D eigenvalue weighted by Gasteiger charge is 2.33. The second kappa shape index (κ2) is 7.22. The van der Waals surface area contributed by atoms with E-state index in [0.717, 1.165) is 38.5 Å². The van der Waals surface area contributed by atoms with E-state index < -0.39 is 0 Å². The van der Waals surface area contributed by atoms with E-state index in [1.54, 1.807) is 14.2 Å². The largest absolute Gasteiger partial charge is 0.383 e. The maximum Gasteiger partial charge on any atom is 0.233 e. The predicted octanol–water partition coefficient (Wildman–Crippen LogP) is 0.211. The van der Waals surface area contributed by atoms with Gasteiger partial charge in [-0.3, -0.25) is 9.69 Å². The van der Waals surface area contributed by atoms with Gasteiger partial charge in [-0.05, 0) is 31.6 Å². The van der Waals surface area contributed by atoms with E-state index in [-0.39, 0.29) is 5.91 Å². The van der Waals surface area contributed by atoms with Gasteiger partial charge < -0.3 is 15.4 Å². The maximum atomic E-state index is 11.3. The first kappa shape index (κ1) is 14.8. The molecule has 0 spiro atoms. The number of piperidine rings is 1. The molecule has 2 fully saturated rings. The van der Waals surface area contributed by atoms with Crippen molar-refractivity contribution in [2.75, 3.05) is 40.4 Å². The van der Waals surface area contributed by atoms with Crippen LogP contribution in [0.4, 0.5) is 0 Å². The van der Waals surface area contributed by atoms with Crippen molar-refractivity contribution in [3.8, 4) is 0 Å². The van der Waals surface area contributed by atoms with Crippen LogP contribution < -0.4 is 10.6 Å². The Morgan fingerprint density at radius 2 is 2.00 bits per heavy atom. The molecule has 1 heterocycles. The molecule has 2 rings (SSSR count). The third-order valence-electron chi connectivity index (χ3n) is 4.22. The molecule has 1 aliphatic carbocycles. The van der Waals surface area contributed by atoms with Gasteiger partial charge >= 0.3 is 0 Å². The Balaban J connectivity index is 1.68. The van der Waals surface area contributed by atoms with E-state index in [2.05, 4.69) is 15.5 Å². The zero-order chi connectivity index (χ0) is 13.7. The molecule has 110 valence electrons. The number of nitrogens with one attached hydrogen (secondary N) is 2. The molecule has 0 aromatic heterocycles. The summed E-state index contributed by atoms with van der Waals surface area (Å²) in [5, 5.41) is 6.44. The zero-order valence-corrected chi connectivity index (χ0v) is 12.2. The number of hydrogen-bond acceptors (Lipinski definition) is 4. The first-order valence-corrected chi connectivity index (χ1v) is 7.41. The fourth-order valence-corrected chi connectivity index (χ4v) is 2.84. The number of methoxy groups -OCH3 is 1. The quantitative estimate of drug-likeness (QED) is 0.694. The Kier molecular flexibility index (Phi) is 5.60. The number of likely N-dealkylation sites (N-methyl/N-ethyl adjacent to an activating group) is 1. The third kappa shape index (κ3) is 4.75. The van der Waals surface area contributed by atoms with Crippen molar-refractivity contribution in [1.82, 2.24) is 15.5 Å². The smallest absolute Gasteiger partial charge is 0.233 e. The van der Waals surface area contributed by atoms with Gasteiger partial charge in [0.15, 0.2) is 0 Å². The lowest BCUT2D eigenvalue weighted by Gasteiger charge is -2.34. The van der Waals surface area contributed by atoms with Crippen LogP contribution in [0.2, 0.25) is 0 Å². The molecule has 1 unspecified atom stereocenters. The van der Waals surface area contributed by atoms with Crippen molar-refractivity contribution < 1.29 is 9.53 Å². The molecule has 1 aliphatic heterocycles. The normalized spacial score (nSPS) is 23.3. The fourth-order valence-electron chi connectivity index (χ4n) is 2.84. The van der Waals surface area contributed by atoms with Crippen molar-refractivity contribution >= 4 is 5.91 Å². The van der Waals surface area contributed by atoms with Gasteiger partial charge in [-0.2, -0.15) is 0 Å². The van der Waals surface area contributed by atoms with Gasteiger partial charge in [-0.1, -0.05) is 0 Å². The molecule has 2 aliphatic rings. The van der Waals surface area contributed by atoms with E-state index >= 15 is 0 Å². The number of rotatable bonds is 7. The van der Waals surface area contributed by atoms with Crippen LogP contribution in [0.1, 0.15) is 25.7 Å². The summed E-state index contributed by atoms with van der Waals surface area (Å²) in [6, 6.07) is 1.11. The molecular weight excluding hydrogens is 242 g/mol. The summed E-state index contributed by atoms with van der Waals surface area (Å²) >= 11 is 0. The summed E-state index contributed by atoms with van der Waals surface area (Å²) in [4.78, 5) is 13.6. The summed E-state index contributed by atoms with van der Waals surface area (Å²) in [6.07, 6.45) is 4.95. The fraction of sp³-hybridized carbons (Fsp3) is 0.929. The van der Waals surface area contributed by atoms with Crippen molar-refractivity contribution in [1.29, 1.82) is 0 Å². The second-order valence-corrected chi connectivity index (χ2v) is 5.79. The van der Waals surface area contributed by atoms with Crippen molar-refractivity contribution in [2.45, 2.75) is 37.8 Å². The van der Waals surface area contributed by atoms with Crippen molar-refractivity contribution in [3.63, 3.8) is 0 Å². The van der Waals surface area contributed by atoms with Crippen LogP contribution in [0.25, 0.3) is 0 Å². The number of carbonyl (C=O) groups excluding carboxylic acids is 1. The van der Waals surface area contributed by atoms with E-state index in [9.17, 15) is 4.79 Å². The Morgan fingerprint density at radius 3 is 2.53 bits per heavy atom. The third-order valence-corrected chi connectivity index (χ3v) is 4.22. The minimum Gasteiger partial charge on any atom is -0.383 e. The van der Waals surface area contributed by atoms with Crippen LogP contribution in [-0.2, 0) is 9.53 Å². The molecule has 5 nitrogen and oxygen atoms in total. The van der Waals surface area contributed by atoms with E-state index in [0.29, 0.717) is 18.6 Å². The Bertz CT molecular complexity index is 286. The minimum atomic E-state index is 0.113. The monoisotopic (exact) mass is 269 g/mol. The maximum absolute atomic E-state index is 11.3. The molecule has 0 radical (unpaired) electrons. The van der Waals surface area contributed by atoms with Crippen LogP contribution >= 0.6 is 0 Å². The summed E-state index contributed by atoms with van der Waals surface area (Å²) in [7, 11) is 3.48. The lowest BCUT2D eigenvalue weighted by Crippen LogP contribution is -2.49. The number of carbonyl (C=O) groups is 1. The van der Waals surface area contributed by atoms with Gasteiger partial charge in [-0.15, -0.1) is 0 Å². The molecule has 19 heavy (non-hydrogen) atoms. The van der Waals surface area contributed by atoms with Gasteiger partial charge in [0.25, 0.3) is 0 Å². The lowest BCUT2D eigenvalue weighted by molar-refractivity contribution is -0.122. The molecule has 0 aromatic carbocycles. The minimum absolute atomic E-state index is 0.113. The van der Waals surface area contributed by atoms with Crippen LogP contribution in [0.5, 0.6) is 0 Å². The van der Waals surface area contributed by atoms with Crippen molar-refractivity contribution in [3.05, 3.63) is 0 Å². The molecule has 0 bridgehead atoms. The highest BCUT2D eigenvalue weighted by molar-refractivity contribution is 5.77. The number of likely N-dealkylation sites (tertiary alicyclic amines) is 1. The van der Waals surface area contributed by atoms with E-state index in [1.165, 1.54) is 12.8 Å². The summed E-state index contributed by atoms with van der Waals surface area (Å²) in [6.45, 7) is 3.38. The average Bonchev–Trinajstić information content (AvgIpc) is 3.24. The Morgan fingerprint density at radius 1 is 1.32 bits per heavy atom. The van der Waals surface area contributed by atoms with Crippen molar-refractivity contribution in [2.24, 2.45) is 5.92 Å². The van der Waals surface area contributed by atoms with Gasteiger partial charge in [-0.25, -0.2) is 0 Å². The molecule has 0 aromatic rings. The molecule has 5 heteroatoms. The van der Waals surface area contributed by atoms with Crippen LogP contribution in [-0.4, -0.2) is 63.3 Å². The van der Waals surface area contributed by atoms with Crippen LogP contribution in [0.15, 0.2) is 0 Å². The van der Waals surface area contributed by atoms with E-state index in [4.69, 9.17) is 4.74 Å². The highest BCUT2D eigenvalue weighted by atomic mass is 16.5. The SMILES string of the molecule is CNC(=O)CN1CCC(NC(COC)C2CC2)CC1. The molecule has 1 saturated carbocycles. The molecule has 1 amide bonds. The zero-order valence-electron chi connectivity index (χ0n) is 12.2. The predicted molar refractivity (Wildman–Crippen MR) is 75.1 cm³/mol. The second-order valence-electron chi connectivity index (χ2n) is 5.79. The topological polar surface area (TPSA) is 53.6 Å². The number of amides is 1. The van der Waals surface area contributed by atoms with E-state index in [1.807, 2.05) is 0 Å². The molecular formula is C14H27N3O2. The highest BCUT2D eigenvalue weighted by Crippen LogP contribution is 2.33. The number of hydrogen-bond donors (Lipinski definition) is 2. The van der Waals surface area contributed by atoms with Crippen LogP contribution in [0.3, 0.4) is 0 Å². The van der Waals surface area contributed by atoms with Crippen LogP contribution in [0, 0.1) is 5.92 Å². The summed E-state index contributed by atoms with van der Waals surface area (Å²) in [5.74, 6) is 0.936. The Hall–Kier alpha value is -0.650. The standard InChI is InChI=1S/C14H27N3O2/c1-15-14(18)9-17-7-5-12(6-8-17)16-13(10-19-2)11-3-4-11/h11-13,16H,3-10H2,1-2H3,(H,15,18). The average molecular weight is 269 g/mol. The number of ether oxygens (including phenoxy) is 1. The number of nitrogens with zero attached hydrogens (tertiary/aromatic N) is 1. The lowest BCUT2D eigenvalue weighted by atomic mass is 10.0. The molecule has 1 atom stereocenters. The molecule has 1 saturated heterocycles. The first-order valence-electron chi connectivity index (χ1n) is 7.41. The first-order chi connectivity index (χ1) is 9.22. The van der Waals surface area contributed by atoms with Gasteiger partial charge in [0.2, 0.25) is 5.91 Å². The molecule has 2 N–H and O–H groups in total. The van der Waals surface area contributed by atoms with Gasteiger partial charge in [0, 0.05) is 39.3 Å². The summed E-state index contributed by atoms with van der Waals surface area (Å²) < 4.78 is 5.31. The van der Waals surface area contributed by atoms with Gasteiger partial charge in [0.05, 0.1) is 13.2 Å². The van der Waals surface area contributed by atoms with Gasteiger partial charge in [0.1, 0.15) is 0 Å². The Labute approximate surface area is 116 Å². The summed E-state index contributed by atoms with van der Waals surface area (Å²) in [5.41, 5.74) is 0.